The molecule has 0 aromatic carbocycles. The summed E-state index contributed by atoms with van der Waals surface area (Å²) in [6.45, 7) is 55.2. The molecule has 0 radical (unpaired) electrons. The first-order valence-corrected chi connectivity index (χ1v) is 49.9. The van der Waals surface area contributed by atoms with Crippen LogP contribution in [0.3, 0.4) is 0 Å². The van der Waals surface area contributed by atoms with Crippen LogP contribution in [0.5, 0.6) is 0 Å². The number of alkyl carbamates (subject to hydrolysis) is 6. The van der Waals surface area contributed by atoms with Crippen molar-refractivity contribution in [3.8, 4) is 0 Å². The number of carbonyl (C=O) groups is 7. The van der Waals surface area contributed by atoms with Gasteiger partial charge in [-0.15, -0.1) is 0 Å². The van der Waals surface area contributed by atoms with Crippen LogP contribution in [0.4, 0.5) is 28.8 Å². The predicted molar refractivity (Wildman–Crippen MR) is 495 cm³/mol. The first-order valence-electron chi connectivity index (χ1n) is 49.9. The highest BCUT2D eigenvalue weighted by molar-refractivity contribution is 5.70. The van der Waals surface area contributed by atoms with Crippen LogP contribution < -0.4 is 31.9 Å². The van der Waals surface area contributed by atoms with Gasteiger partial charge in [0, 0.05) is 50.6 Å². The zero-order valence-corrected chi connectivity index (χ0v) is 81.7. The van der Waals surface area contributed by atoms with Crippen LogP contribution in [0.25, 0.3) is 0 Å². The van der Waals surface area contributed by atoms with E-state index >= 15 is 0 Å². The summed E-state index contributed by atoms with van der Waals surface area (Å²) in [5.74, 6) is 8.09. The maximum atomic E-state index is 12.0. The van der Waals surface area contributed by atoms with Gasteiger partial charge in [0.25, 0.3) is 0 Å². The first kappa shape index (κ1) is 110. The van der Waals surface area contributed by atoms with Crippen LogP contribution in [0, 0.1) is 87.8 Å². The number of esters is 1. The Labute approximate surface area is 740 Å². The molecule has 706 valence electrons. The molecule has 6 N–H and O–H groups in total. The Kier molecular flexibility index (Phi) is 55.7. The number of rotatable bonds is 25. The maximum absolute atomic E-state index is 12.0. The van der Waals surface area contributed by atoms with Crippen LogP contribution in [-0.2, 0) is 38.0 Å². The lowest BCUT2D eigenvalue weighted by Gasteiger charge is -2.38. The molecule has 0 aromatic heterocycles. The molecule has 6 amide bonds. The minimum Gasteiger partial charge on any atom is -0.462 e. The van der Waals surface area contributed by atoms with E-state index in [1.807, 2.05) is 13.8 Å². The summed E-state index contributed by atoms with van der Waals surface area (Å²) >= 11 is 0. The fraction of sp³-hybridized carbons (Fsp3) is 0.911. The molecule has 0 aromatic rings. The Bertz CT molecular complexity index is 2800. The van der Waals surface area contributed by atoms with Crippen LogP contribution >= 0.6 is 0 Å². The first-order chi connectivity index (χ1) is 57.3. The smallest absolute Gasteiger partial charge is 0.407 e. The summed E-state index contributed by atoms with van der Waals surface area (Å²) in [7, 11) is 0. The molecule has 0 saturated heterocycles. The topological polar surface area (TPSA) is 256 Å². The van der Waals surface area contributed by atoms with Crippen LogP contribution in [0.1, 0.15) is 422 Å². The van der Waals surface area contributed by atoms with Crippen LogP contribution in [0.2, 0.25) is 0 Å². The Hall–Kier alpha value is -5.17. The lowest BCUT2D eigenvalue weighted by atomic mass is 9.71. The fourth-order valence-corrected chi connectivity index (χ4v) is 19.9. The minimum atomic E-state index is -0.270. The standard InChI is InChI=1S/C18H32O2.2C15H27NO2.C14H27NO2.3C13H25NO2/c1-18(2,3)15-9-11-16(12-10-15)20-17(19)13-14-7-5-4-6-8-14;1-11-8-12(2)10-14(9-11)18-15(17)16-13-6-4-3-5-7-13;1-5-6-9-16-15(17)18-14-10-12(4)7-8-13(14)11(2)3;1-5-6-7-15-13(16)17-12-8-11(2)9-14(3,4)10-12;1-5-10(3)14-13(15)16-12-8-6-7-9(2)11(12)4;1-4-5-9-14-13(15)16-12-8-6-7-10(2)11(12)3;1-4-5-6-14-13(15)16-12-8-10(2)7-11(3)9-12/h14-16H,4-13H2,1-3H3;11-14H,3-10H2,1-2H3,(H,16,17);12-14H,2,5-10H2,1,3-4H3,(H,16,17);11-12H,5-10H2,1-4H3,(H,15,16);9-12H,5-8H2,1-4H3,(H,14,15);2*10-12H,4-9H2,1-3H3,(H,14,15). The monoisotopic (exact) mass is 1710 g/mol. The lowest BCUT2D eigenvalue weighted by molar-refractivity contribution is -0.152. The Morgan fingerprint density at radius 3 is 1.22 bits per heavy atom. The van der Waals surface area contributed by atoms with Gasteiger partial charge < -0.3 is 65.1 Å². The highest BCUT2D eigenvalue weighted by Gasteiger charge is 2.38. The van der Waals surface area contributed by atoms with Crippen molar-refractivity contribution in [1.82, 2.24) is 31.9 Å². The molecule has 9 saturated carbocycles. The largest absolute Gasteiger partial charge is 0.462 e. The van der Waals surface area contributed by atoms with Crippen molar-refractivity contribution >= 4 is 42.5 Å². The van der Waals surface area contributed by atoms with E-state index in [9.17, 15) is 33.6 Å². The van der Waals surface area contributed by atoms with E-state index in [0.29, 0.717) is 101 Å². The Morgan fingerprint density at radius 2 is 0.802 bits per heavy atom. The Balaban J connectivity index is 0.000000365. The molecule has 9 rings (SSSR count). The molecule has 9 aliphatic carbocycles. The SMILES string of the molecule is C=C(C)C1CCC(C)CC1OC(=O)NCCCC.CC(C)(C)C1CCC(OC(=O)CC2CCCCC2)CC1.CC1CC(C)CC(OC(=O)NC2CCCCC2)C1.CCC(C)NC(=O)OC1CCCC(C)C1C.CCCCNC(=O)OC1CC(C)CC(C)(C)C1.CCCCNC(=O)OC1CC(C)CC(C)C1.CCCCNC(=O)OC1CCCC(C)C1C. The van der Waals surface area contributed by atoms with E-state index < -0.39 is 0 Å². The molecule has 16 atom stereocenters. The lowest BCUT2D eigenvalue weighted by Crippen LogP contribution is -2.39. The third-order valence-corrected chi connectivity index (χ3v) is 27.6. The molecule has 121 heavy (non-hydrogen) atoms. The van der Waals surface area contributed by atoms with Gasteiger partial charge in [0.15, 0.2) is 0 Å². The minimum absolute atomic E-state index is 0.00729. The number of amides is 6. The van der Waals surface area contributed by atoms with E-state index in [2.05, 4.69) is 177 Å². The molecule has 20 heteroatoms. The van der Waals surface area contributed by atoms with E-state index in [-0.39, 0.29) is 91.3 Å². The molecule has 0 heterocycles. The van der Waals surface area contributed by atoms with Crippen molar-refractivity contribution in [3.63, 3.8) is 0 Å². The van der Waals surface area contributed by atoms with Gasteiger partial charge in [-0.05, 0) is 282 Å². The molecule has 0 bridgehead atoms. The van der Waals surface area contributed by atoms with Gasteiger partial charge in [-0.1, -0.05) is 228 Å². The third kappa shape index (κ3) is 49.5. The maximum Gasteiger partial charge on any atom is 0.407 e. The predicted octanol–water partition coefficient (Wildman–Crippen LogP) is 26.6. The van der Waals surface area contributed by atoms with Crippen molar-refractivity contribution in [1.29, 1.82) is 0 Å². The summed E-state index contributed by atoms with van der Waals surface area (Å²) < 4.78 is 38.8. The normalized spacial score (nSPS) is 30.0. The van der Waals surface area contributed by atoms with Crippen molar-refractivity contribution in [2.24, 2.45) is 87.8 Å². The molecule has 0 spiro atoms. The average molecular weight is 1710 g/mol. The van der Waals surface area contributed by atoms with Crippen molar-refractivity contribution in [3.05, 3.63) is 12.2 Å². The summed E-state index contributed by atoms with van der Waals surface area (Å²) in [5.41, 5.74) is 1.83. The molecular formula is C101H188N6O14. The van der Waals surface area contributed by atoms with E-state index in [0.717, 1.165) is 179 Å². The molecule has 16 unspecified atom stereocenters. The molecule has 0 aliphatic heterocycles. The van der Waals surface area contributed by atoms with E-state index in [1.54, 1.807) is 0 Å². The van der Waals surface area contributed by atoms with Crippen molar-refractivity contribution in [2.45, 2.75) is 477 Å². The zero-order valence-electron chi connectivity index (χ0n) is 81.7. The third-order valence-electron chi connectivity index (χ3n) is 27.6. The number of hydrogen-bond donors (Lipinski definition) is 6. The van der Waals surface area contributed by atoms with Gasteiger partial charge in [0.1, 0.15) is 42.7 Å². The zero-order chi connectivity index (χ0) is 90.0. The second kappa shape index (κ2) is 61.3. The van der Waals surface area contributed by atoms with Gasteiger partial charge in [-0.2, -0.15) is 0 Å². The summed E-state index contributed by atoms with van der Waals surface area (Å²) in [4.78, 5) is 81.7. The average Bonchev–Trinajstić information content (AvgIpc) is 0.837. The summed E-state index contributed by atoms with van der Waals surface area (Å²) in [5, 5.41) is 17.1. The number of nitrogens with one attached hydrogen (secondary N) is 6. The number of hydrogen-bond acceptors (Lipinski definition) is 14. The van der Waals surface area contributed by atoms with E-state index in [1.165, 1.54) is 116 Å². The number of carbonyl (C=O) groups excluding carboxylic acids is 7. The highest BCUT2D eigenvalue weighted by Crippen LogP contribution is 2.42. The molecular weight excluding hydrogens is 1520 g/mol. The second-order valence-electron chi connectivity index (χ2n) is 41.7. The summed E-state index contributed by atoms with van der Waals surface area (Å²) in [6.07, 6.45) is 46.4. The number of unbranched alkanes of at least 4 members (excludes halogenated alkanes) is 4. The molecule has 9 aliphatic rings. The molecule has 9 fully saturated rings. The van der Waals surface area contributed by atoms with Gasteiger partial charge in [-0.25, -0.2) is 28.8 Å². The summed E-state index contributed by atoms with van der Waals surface area (Å²) in [6, 6.07) is 0.550. The van der Waals surface area contributed by atoms with Crippen molar-refractivity contribution < 1.29 is 66.7 Å². The van der Waals surface area contributed by atoms with Gasteiger partial charge in [0.2, 0.25) is 0 Å². The van der Waals surface area contributed by atoms with Crippen molar-refractivity contribution in [2.75, 3.05) is 26.2 Å². The highest BCUT2D eigenvalue weighted by atomic mass is 16.6. The van der Waals surface area contributed by atoms with Gasteiger partial charge in [0.05, 0.1) is 0 Å². The van der Waals surface area contributed by atoms with Crippen LogP contribution in [-0.4, -0.2) is 124 Å². The fourth-order valence-electron chi connectivity index (χ4n) is 19.9. The number of ether oxygens (including phenoxy) is 7. The van der Waals surface area contributed by atoms with Crippen LogP contribution in [0.15, 0.2) is 12.2 Å². The van der Waals surface area contributed by atoms with Gasteiger partial charge in [-0.3, -0.25) is 4.79 Å². The van der Waals surface area contributed by atoms with Gasteiger partial charge >= 0.3 is 42.5 Å². The van der Waals surface area contributed by atoms with E-state index in [4.69, 9.17) is 33.2 Å². The molecule has 20 nitrogen and oxygen atoms in total. The second-order valence-corrected chi connectivity index (χ2v) is 41.7. The Morgan fingerprint density at radius 1 is 0.397 bits per heavy atom. The quantitative estimate of drug-likeness (QED) is 0.0215.